The average Bonchev–Trinajstić information content (AvgIpc) is 2.85. The predicted octanol–water partition coefficient (Wildman–Crippen LogP) is 0.628. The Morgan fingerprint density at radius 2 is 2.00 bits per heavy atom. The maximum Gasteiger partial charge on any atom is 0.348 e. The van der Waals surface area contributed by atoms with Gasteiger partial charge in [0.1, 0.15) is 15.1 Å². The summed E-state index contributed by atoms with van der Waals surface area (Å²) >= 11 is 0.733. The summed E-state index contributed by atoms with van der Waals surface area (Å²) in [5, 5.41) is 8.82. The quantitative estimate of drug-likeness (QED) is 0.801. The molecule has 0 aliphatic heterocycles. The van der Waals surface area contributed by atoms with Gasteiger partial charge in [-0.15, -0.1) is 11.3 Å². The van der Waals surface area contributed by atoms with Crippen LogP contribution in [-0.4, -0.2) is 50.0 Å². The summed E-state index contributed by atoms with van der Waals surface area (Å²) in [5.74, 6) is -1.89. The molecule has 1 aromatic heterocycles. The van der Waals surface area contributed by atoms with Crippen LogP contribution in [0, 0.1) is 0 Å². The molecule has 1 rings (SSSR count). The van der Waals surface area contributed by atoms with Gasteiger partial charge in [0, 0.05) is 7.05 Å². The number of hydrogen-bond acceptors (Lipinski definition) is 6. The van der Waals surface area contributed by atoms with Crippen LogP contribution in [0.2, 0.25) is 0 Å². The largest absolute Gasteiger partial charge is 0.480 e. The molecule has 0 saturated carbocycles. The van der Waals surface area contributed by atoms with Gasteiger partial charge in [-0.05, 0) is 19.1 Å². The maximum atomic E-state index is 12.1. The van der Waals surface area contributed by atoms with Crippen molar-refractivity contribution < 1.29 is 27.9 Å². The Kier molecular flexibility index (Phi) is 4.66. The van der Waals surface area contributed by atoms with Crippen LogP contribution in [0.1, 0.15) is 16.6 Å². The summed E-state index contributed by atoms with van der Waals surface area (Å²) in [6, 6.07) is 1.37. The number of carbonyl (C=O) groups is 2. The van der Waals surface area contributed by atoms with Gasteiger partial charge in [0.2, 0.25) is 0 Å². The summed E-state index contributed by atoms with van der Waals surface area (Å²) in [6.07, 6.45) is 0. The van der Waals surface area contributed by atoms with E-state index in [1.165, 1.54) is 33.2 Å². The minimum absolute atomic E-state index is 0.108. The van der Waals surface area contributed by atoms with Crippen LogP contribution in [0.15, 0.2) is 16.3 Å². The lowest BCUT2D eigenvalue weighted by atomic mass is 10.4. The molecule has 1 unspecified atom stereocenters. The molecule has 0 bridgehead atoms. The molecule has 9 heteroatoms. The highest BCUT2D eigenvalue weighted by Crippen LogP contribution is 2.25. The SMILES string of the molecule is COC(=O)c1ccc(S(=O)(=O)N(C)C(C)C(=O)O)s1. The van der Waals surface area contributed by atoms with E-state index in [2.05, 4.69) is 4.74 Å². The minimum atomic E-state index is -3.94. The second-order valence-electron chi connectivity index (χ2n) is 3.65. The van der Waals surface area contributed by atoms with E-state index in [0.717, 1.165) is 15.6 Å². The molecule has 1 aromatic rings. The number of methoxy groups -OCH3 is 1. The second kappa shape index (κ2) is 5.68. The van der Waals surface area contributed by atoms with Crippen LogP contribution in [0.25, 0.3) is 0 Å². The summed E-state index contributed by atoms with van der Waals surface area (Å²) < 4.78 is 29.4. The highest BCUT2D eigenvalue weighted by Gasteiger charge is 2.31. The van der Waals surface area contributed by atoms with Crippen LogP contribution < -0.4 is 0 Å². The first-order valence-electron chi connectivity index (χ1n) is 5.10. The highest BCUT2D eigenvalue weighted by atomic mass is 32.2. The number of esters is 1. The van der Waals surface area contributed by atoms with Crippen molar-refractivity contribution in [2.75, 3.05) is 14.2 Å². The number of aliphatic carboxylic acids is 1. The number of carboxylic acid groups (broad SMARTS) is 1. The number of carbonyl (C=O) groups excluding carboxylic acids is 1. The number of ether oxygens (including phenoxy) is 1. The van der Waals surface area contributed by atoms with Crippen molar-refractivity contribution in [2.45, 2.75) is 17.2 Å². The van der Waals surface area contributed by atoms with Crippen molar-refractivity contribution in [3.8, 4) is 0 Å². The number of likely N-dealkylation sites (N-methyl/N-ethyl adjacent to an activating group) is 1. The van der Waals surface area contributed by atoms with Gasteiger partial charge < -0.3 is 9.84 Å². The van der Waals surface area contributed by atoms with E-state index in [1.807, 2.05) is 0 Å². The van der Waals surface area contributed by atoms with E-state index >= 15 is 0 Å². The van der Waals surface area contributed by atoms with Crippen molar-refractivity contribution >= 4 is 33.3 Å². The molecule has 7 nitrogen and oxygen atoms in total. The minimum Gasteiger partial charge on any atom is -0.480 e. The van der Waals surface area contributed by atoms with Crippen molar-refractivity contribution in [1.82, 2.24) is 4.31 Å². The lowest BCUT2D eigenvalue weighted by Crippen LogP contribution is -2.39. The second-order valence-corrected chi connectivity index (χ2v) is 6.95. The first-order chi connectivity index (χ1) is 8.71. The molecule has 19 heavy (non-hydrogen) atoms. The number of thiophene rings is 1. The van der Waals surface area contributed by atoms with Crippen LogP contribution in [0.3, 0.4) is 0 Å². The van der Waals surface area contributed by atoms with Gasteiger partial charge in [-0.1, -0.05) is 0 Å². The van der Waals surface area contributed by atoms with Gasteiger partial charge in [-0.3, -0.25) is 4.79 Å². The third-order valence-electron chi connectivity index (χ3n) is 2.50. The fourth-order valence-corrected chi connectivity index (χ4v) is 3.90. The number of carboxylic acids is 1. The first kappa shape index (κ1) is 15.6. The van der Waals surface area contributed by atoms with Gasteiger partial charge in [0.15, 0.2) is 0 Å². The predicted molar refractivity (Wildman–Crippen MR) is 67.7 cm³/mol. The summed E-state index contributed by atoms with van der Waals surface area (Å²) in [6.45, 7) is 1.26. The van der Waals surface area contributed by atoms with E-state index in [4.69, 9.17) is 5.11 Å². The lowest BCUT2D eigenvalue weighted by Gasteiger charge is -2.19. The monoisotopic (exact) mass is 307 g/mol. The van der Waals surface area contributed by atoms with Gasteiger partial charge in [-0.2, -0.15) is 4.31 Å². The van der Waals surface area contributed by atoms with Crippen molar-refractivity contribution in [3.05, 3.63) is 17.0 Å². The standard InChI is InChI=1S/C10H13NO6S2/c1-6(9(12)13)11(2)19(15,16)8-5-4-7(18-8)10(14)17-3/h4-6H,1-3H3,(H,12,13). The number of hydrogen-bond donors (Lipinski definition) is 1. The first-order valence-corrected chi connectivity index (χ1v) is 7.36. The Bertz CT molecular complexity index is 591. The van der Waals surface area contributed by atoms with Crippen molar-refractivity contribution in [3.63, 3.8) is 0 Å². The molecular weight excluding hydrogens is 294 g/mol. The number of rotatable bonds is 5. The van der Waals surface area contributed by atoms with E-state index in [9.17, 15) is 18.0 Å². The van der Waals surface area contributed by atoms with E-state index in [-0.39, 0.29) is 9.09 Å². The Morgan fingerprint density at radius 3 is 2.47 bits per heavy atom. The molecule has 0 aromatic carbocycles. The Hall–Kier alpha value is -1.45. The normalized spacial score (nSPS) is 13.3. The topological polar surface area (TPSA) is 101 Å². The summed E-state index contributed by atoms with van der Waals surface area (Å²) in [7, 11) is -1.58. The Balaban J connectivity index is 3.10. The van der Waals surface area contributed by atoms with Crippen molar-refractivity contribution in [2.24, 2.45) is 0 Å². The zero-order chi connectivity index (χ0) is 14.8. The summed E-state index contributed by atoms with van der Waals surface area (Å²) in [4.78, 5) is 22.2. The van der Waals surface area contributed by atoms with Gasteiger partial charge >= 0.3 is 11.9 Å². The Labute approximate surface area is 114 Å². The van der Waals surface area contributed by atoms with Crippen LogP contribution in [0.5, 0.6) is 0 Å². The van der Waals surface area contributed by atoms with E-state index in [0.29, 0.717) is 0 Å². The van der Waals surface area contributed by atoms with Gasteiger partial charge in [-0.25, -0.2) is 13.2 Å². The zero-order valence-corrected chi connectivity index (χ0v) is 12.1. The third-order valence-corrected chi connectivity index (χ3v) is 5.96. The smallest absolute Gasteiger partial charge is 0.348 e. The van der Waals surface area contributed by atoms with E-state index in [1.54, 1.807) is 0 Å². The molecule has 0 amide bonds. The number of nitrogens with zero attached hydrogens (tertiary/aromatic N) is 1. The molecule has 0 saturated heterocycles. The molecule has 0 spiro atoms. The summed E-state index contributed by atoms with van der Waals surface area (Å²) in [5.41, 5.74) is 0. The molecule has 1 heterocycles. The van der Waals surface area contributed by atoms with Gasteiger partial charge in [0.05, 0.1) is 7.11 Å². The highest BCUT2D eigenvalue weighted by molar-refractivity contribution is 7.91. The van der Waals surface area contributed by atoms with Gasteiger partial charge in [0.25, 0.3) is 10.0 Å². The molecule has 0 radical (unpaired) electrons. The fraction of sp³-hybridized carbons (Fsp3) is 0.400. The maximum absolute atomic E-state index is 12.1. The molecule has 0 aliphatic rings. The lowest BCUT2D eigenvalue weighted by molar-refractivity contribution is -0.140. The molecular formula is C10H13NO6S2. The van der Waals surface area contributed by atoms with Crippen molar-refractivity contribution in [1.29, 1.82) is 0 Å². The molecule has 0 fully saturated rings. The van der Waals surface area contributed by atoms with Crippen LogP contribution >= 0.6 is 11.3 Å². The zero-order valence-electron chi connectivity index (χ0n) is 10.5. The fourth-order valence-electron chi connectivity index (χ4n) is 1.17. The van der Waals surface area contributed by atoms with Crippen LogP contribution in [0.4, 0.5) is 0 Å². The third kappa shape index (κ3) is 3.11. The molecule has 106 valence electrons. The van der Waals surface area contributed by atoms with E-state index < -0.39 is 28.0 Å². The van der Waals surface area contributed by atoms with Crippen LogP contribution in [-0.2, 0) is 19.6 Å². The molecule has 1 N–H and O–H groups in total. The molecule has 0 aliphatic carbocycles. The number of sulfonamides is 1. The Morgan fingerprint density at radius 1 is 1.42 bits per heavy atom. The molecule has 1 atom stereocenters. The average molecular weight is 307 g/mol.